The Morgan fingerprint density at radius 3 is 2.64 bits per heavy atom. The zero-order valence-electron chi connectivity index (χ0n) is 14.4. The highest BCUT2D eigenvalue weighted by Gasteiger charge is 2.23. The highest BCUT2D eigenvalue weighted by Crippen LogP contribution is 2.23. The molecule has 1 aromatic rings. The fraction of sp³-hybridized carbons (Fsp3) is 0.611. The number of carbonyl (C=O) groups excluding carboxylic acids is 1. The topological polar surface area (TPSA) is 44.4 Å². The Hall–Kier alpha value is -1.04. The summed E-state index contributed by atoms with van der Waals surface area (Å²) in [5.41, 5.74) is 1.06. The summed E-state index contributed by atoms with van der Waals surface area (Å²) in [5.74, 6) is 1.13. The van der Waals surface area contributed by atoms with E-state index in [4.69, 9.17) is 0 Å². The molecule has 0 radical (unpaired) electrons. The summed E-state index contributed by atoms with van der Waals surface area (Å²) in [6.45, 7) is 4.80. The number of halogens is 3. The summed E-state index contributed by atoms with van der Waals surface area (Å²) >= 11 is 0. The Bertz CT molecular complexity index is 524. The number of hydrogen-bond donors (Lipinski definition) is 2. The number of anilines is 1. The molecule has 142 valence electrons. The molecule has 2 saturated heterocycles. The second kappa shape index (κ2) is 10.8. The van der Waals surface area contributed by atoms with Crippen molar-refractivity contribution in [3.63, 3.8) is 0 Å². The minimum atomic E-state index is -0.200. The van der Waals surface area contributed by atoms with Crippen molar-refractivity contribution in [1.82, 2.24) is 10.6 Å². The van der Waals surface area contributed by atoms with Gasteiger partial charge >= 0.3 is 0 Å². The standard InChI is InChI=1S/C18H26FN3O.2ClH/c19-16-2-4-17(5-3-16)22-10-8-15(13-22)12-21-18(23)6-1-14-7-9-20-11-14;;/h2-5,14-15,20H,1,6-13H2,(H,21,23);2*1H. The van der Waals surface area contributed by atoms with Crippen LogP contribution in [-0.2, 0) is 4.79 Å². The van der Waals surface area contributed by atoms with Gasteiger partial charge < -0.3 is 15.5 Å². The van der Waals surface area contributed by atoms with Crippen molar-refractivity contribution in [2.24, 2.45) is 11.8 Å². The van der Waals surface area contributed by atoms with Gasteiger partial charge in [-0.3, -0.25) is 4.79 Å². The number of amides is 1. The van der Waals surface area contributed by atoms with Gasteiger partial charge in [0.25, 0.3) is 0 Å². The van der Waals surface area contributed by atoms with Crippen molar-refractivity contribution < 1.29 is 9.18 Å². The van der Waals surface area contributed by atoms with E-state index in [9.17, 15) is 9.18 Å². The normalized spacial score (nSPS) is 22.2. The van der Waals surface area contributed by atoms with Gasteiger partial charge in [-0.15, -0.1) is 24.8 Å². The maximum absolute atomic E-state index is 13.0. The van der Waals surface area contributed by atoms with Gasteiger partial charge in [0.15, 0.2) is 0 Å². The molecule has 2 unspecified atom stereocenters. The first-order valence-electron chi connectivity index (χ1n) is 8.68. The zero-order valence-corrected chi connectivity index (χ0v) is 16.0. The summed E-state index contributed by atoms with van der Waals surface area (Å²) in [5, 5.41) is 6.42. The predicted molar refractivity (Wildman–Crippen MR) is 104 cm³/mol. The van der Waals surface area contributed by atoms with Crippen LogP contribution in [0.1, 0.15) is 25.7 Å². The molecule has 2 N–H and O–H groups in total. The molecule has 2 atom stereocenters. The lowest BCUT2D eigenvalue weighted by molar-refractivity contribution is -0.121. The monoisotopic (exact) mass is 391 g/mol. The molecule has 1 aromatic carbocycles. The highest BCUT2D eigenvalue weighted by atomic mass is 35.5. The Balaban J connectivity index is 0.00000156. The van der Waals surface area contributed by atoms with E-state index in [2.05, 4.69) is 15.5 Å². The molecule has 2 aliphatic heterocycles. The van der Waals surface area contributed by atoms with E-state index in [1.165, 1.54) is 18.6 Å². The molecule has 0 aliphatic carbocycles. The third kappa shape index (κ3) is 6.65. The van der Waals surface area contributed by atoms with Crippen molar-refractivity contribution in [3.8, 4) is 0 Å². The van der Waals surface area contributed by atoms with Crippen LogP contribution in [0.3, 0.4) is 0 Å². The SMILES string of the molecule is Cl.Cl.O=C(CCC1CCNC1)NCC1CCN(c2ccc(F)cc2)C1. The summed E-state index contributed by atoms with van der Waals surface area (Å²) < 4.78 is 13.0. The number of carbonyl (C=O) groups is 1. The summed E-state index contributed by atoms with van der Waals surface area (Å²) in [4.78, 5) is 14.2. The lowest BCUT2D eigenvalue weighted by atomic mass is 10.0. The maximum atomic E-state index is 13.0. The number of rotatable bonds is 6. The Morgan fingerprint density at radius 1 is 1.20 bits per heavy atom. The maximum Gasteiger partial charge on any atom is 0.220 e. The van der Waals surface area contributed by atoms with E-state index in [-0.39, 0.29) is 36.5 Å². The van der Waals surface area contributed by atoms with E-state index >= 15 is 0 Å². The fourth-order valence-electron chi connectivity index (χ4n) is 3.53. The Labute approximate surface area is 161 Å². The van der Waals surface area contributed by atoms with E-state index in [0.717, 1.165) is 51.3 Å². The Kier molecular flexibility index (Phi) is 9.54. The largest absolute Gasteiger partial charge is 0.371 e. The van der Waals surface area contributed by atoms with E-state index in [0.29, 0.717) is 18.3 Å². The molecule has 1 amide bonds. The third-order valence-electron chi connectivity index (χ3n) is 5.01. The molecular weight excluding hydrogens is 364 g/mol. The van der Waals surface area contributed by atoms with Gasteiger partial charge in [0.1, 0.15) is 5.82 Å². The van der Waals surface area contributed by atoms with Crippen LogP contribution in [0.4, 0.5) is 10.1 Å². The van der Waals surface area contributed by atoms with E-state index in [1.807, 2.05) is 12.1 Å². The molecule has 2 fully saturated rings. The van der Waals surface area contributed by atoms with Gasteiger partial charge in [0.2, 0.25) is 5.91 Å². The molecule has 0 bridgehead atoms. The van der Waals surface area contributed by atoms with Crippen LogP contribution in [0, 0.1) is 17.7 Å². The second-order valence-electron chi connectivity index (χ2n) is 6.78. The molecule has 2 heterocycles. The highest BCUT2D eigenvalue weighted by molar-refractivity contribution is 5.85. The van der Waals surface area contributed by atoms with Crippen LogP contribution in [0.2, 0.25) is 0 Å². The minimum absolute atomic E-state index is 0. The van der Waals surface area contributed by atoms with Gasteiger partial charge in [0, 0.05) is 31.7 Å². The van der Waals surface area contributed by atoms with Crippen molar-refractivity contribution in [3.05, 3.63) is 30.1 Å². The third-order valence-corrected chi connectivity index (χ3v) is 5.01. The molecule has 3 rings (SSSR count). The molecule has 0 aromatic heterocycles. The number of hydrogen-bond acceptors (Lipinski definition) is 3. The van der Waals surface area contributed by atoms with Crippen molar-refractivity contribution in [2.45, 2.75) is 25.7 Å². The molecular formula is C18H28Cl2FN3O. The minimum Gasteiger partial charge on any atom is -0.371 e. The predicted octanol–water partition coefficient (Wildman–Crippen LogP) is 3.00. The van der Waals surface area contributed by atoms with Crippen LogP contribution in [0.25, 0.3) is 0 Å². The lowest BCUT2D eigenvalue weighted by Crippen LogP contribution is -2.31. The van der Waals surface area contributed by atoms with Gasteiger partial charge in [-0.1, -0.05) is 0 Å². The summed E-state index contributed by atoms with van der Waals surface area (Å²) in [6.07, 6.45) is 3.90. The number of benzene rings is 1. The molecule has 0 saturated carbocycles. The molecule has 7 heteroatoms. The van der Waals surface area contributed by atoms with Crippen LogP contribution in [-0.4, -0.2) is 38.6 Å². The molecule has 0 spiro atoms. The summed E-state index contributed by atoms with van der Waals surface area (Å²) in [7, 11) is 0. The van der Waals surface area contributed by atoms with Gasteiger partial charge in [-0.05, 0) is 68.5 Å². The first-order valence-corrected chi connectivity index (χ1v) is 8.68. The van der Waals surface area contributed by atoms with Crippen molar-refractivity contribution in [1.29, 1.82) is 0 Å². The van der Waals surface area contributed by atoms with Crippen LogP contribution >= 0.6 is 24.8 Å². The fourth-order valence-corrected chi connectivity index (χ4v) is 3.53. The van der Waals surface area contributed by atoms with E-state index < -0.39 is 0 Å². The number of nitrogens with zero attached hydrogens (tertiary/aromatic N) is 1. The van der Waals surface area contributed by atoms with Gasteiger partial charge in [-0.2, -0.15) is 0 Å². The zero-order chi connectivity index (χ0) is 16.1. The first kappa shape index (κ1) is 22.0. The van der Waals surface area contributed by atoms with Gasteiger partial charge in [-0.25, -0.2) is 4.39 Å². The smallest absolute Gasteiger partial charge is 0.220 e. The lowest BCUT2D eigenvalue weighted by Gasteiger charge is -2.19. The molecule has 4 nitrogen and oxygen atoms in total. The average molecular weight is 392 g/mol. The first-order chi connectivity index (χ1) is 11.2. The molecule has 25 heavy (non-hydrogen) atoms. The quantitative estimate of drug-likeness (QED) is 0.783. The average Bonchev–Trinajstić information content (AvgIpc) is 3.23. The van der Waals surface area contributed by atoms with Crippen LogP contribution < -0.4 is 15.5 Å². The molecule has 2 aliphatic rings. The van der Waals surface area contributed by atoms with Crippen molar-refractivity contribution >= 4 is 36.4 Å². The summed E-state index contributed by atoms with van der Waals surface area (Å²) in [6, 6.07) is 6.66. The van der Waals surface area contributed by atoms with Crippen LogP contribution in [0.15, 0.2) is 24.3 Å². The van der Waals surface area contributed by atoms with E-state index in [1.54, 1.807) is 0 Å². The van der Waals surface area contributed by atoms with Crippen LogP contribution in [0.5, 0.6) is 0 Å². The Morgan fingerprint density at radius 2 is 1.96 bits per heavy atom. The number of nitrogens with one attached hydrogen (secondary N) is 2. The second-order valence-corrected chi connectivity index (χ2v) is 6.78. The van der Waals surface area contributed by atoms with Gasteiger partial charge in [0.05, 0.1) is 0 Å². The van der Waals surface area contributed by atoms with Crippen molar-refractivity contribution in [2.75, 3.05) is 37.6 Å².